The maximum absolute atomic E-state index is 11.9. The maximum atomic E-state index is 11.9. The summed E-state index contributed by atoms with van der Waals surface area (Å²) in [6, 6.07) is 0. The van der Waals surface area contributed by atoms with Gasteiger partial charge in [0.15, 0.2) is 0 Å². The molecule has 0 heterocycles. The zero-order valence-corrected chi connectivity index (χ0v) is 29.7. The largest absolute Gasteiger partial charge is 0.611 e. The first-order chi connectivity index (χ1) is 18.7. The molecule has 1 amide bonds. The van der Waals surface area contributed by atoms with Gasteiger partial charge in [-0.2, -0.15) is 16.6 Å². The summed E-state index contributed by atoms with van der Waals surface area (Å²) >= 11 is 14.5. The van der Waals surface area contributed by atoms with Gasteiger partial charge < -0.3 is 19.9 Å². The van der Waals surface area contributed by atoms with Gasteiger partial charge in [-0.05, 0) is 18.1 Å². The second-order valence-corrected chi connectivity index (χ2v) is 18.8. The van der Waals surface area contributed by atoms with Crippen LogP contribution in [0, 0.1) is 0 Å². The van der Waals surface area contributed by atoms with Crippen molar-refractivity contribution in [3.05, 3.63) is 0 Å². The number of amides is 1. The van der Waals surface area contributed by atoms with E-state index in [0.29, 0.717) is 31.3 Å². The fraction of sp³-hybridized carbons (Fsp3) is 0.850. The molecule has 0 aromatic rings. The first-order valence-electron chi connectivity index (χ1n) is 11.5. The third-order valence-electron chi connectivity index (χ3n) is 3.39. The molecule has 18 heteroatoms. The van der Waals surface area contributed by atoms with E-state index in [-0.39, 0.29) is 11.2 Å². The van der Waals surface area contributed by atoms with Crippen LogP contribution in [0.2, 0.25) is 0 Å². The predicted octanol–water partition coefficient (Wildman–Crippen LogP) is 5.76. The molecule has 8 nitrogen and oxygen atoms in total. The number of thioether (sulfide) groups is 9. The Bertz CT molecular complexity index is 574. The molecule has 0 aliphatic carbocycles. The van der Waals surface area contributed by atoms with Crippen molar-refractivity contribution in [1.29, 1.82) is 0 Å². The Labute approximate surface area is 269 Å². The normalized spacial score (nSPS) is 12.5. The number of hydrogen-bond donors (Lipinski definition) is 2. The van der Waals surface area contributed by atoms with Crippen LogP contribution in [0.25, 0.3) is 0 Å². The Kier molecular flexibility index (Phi) is 37.0. The molecular formula is C20H39N3O5S10. The van der Waals surface area contributed by atoms with Gasteiger partial charge in [-0.15, -0.1) is 82.3 Å². The molecule has 0 aromatic carbocycles. The van der Waals surface area contributed by atoms with E-state index in [0.717, 1.165) is 54.2 Å². The highest BCUT2D eigenvalue weighted by Gasteiger charge is 2.03. The highest BCUT2D eigenvalue weighted by atomic mass is 32.2. The molecule has 0 aliphatic rings. The number of aliphatic imine (C=N–C) groups is 2. The highest BCUT2D eigenvalue weighted by Crippen LogP contribution is 2.19. The maximum Gasteiger partial charge on any atom is 0.279 e. The Morgan fingerprint density at radius 3 is 2.32 bits per heavy atom. The minimum Gasteiger partial charge on any atom is -0.611 e. The van der Waals surface area contributed by atoms with E-state index in [1.54, 1.807) is 5.55 Å². The van der Waals surface area contributed by atoms with Gasteiger partial charge in [0.2, 0.25) is 11.9 Å². The first kappa shape index (κ1) is 40.0. The molecule has 0 aromatic heterocycles. The van der Waals surface area contributed by atoms with Crippen LogP contribution < -0.4 is 5.32 Å². The number of rotatable bonds is 29. The standard InChI is InChI=1S/C20H39N3O5S10/c1-2-21-12-38(26)10-9-32-18-36-17-31-7-8-37-20(25)23-4-6-30-16-35-15-29-5-3-22-11-27-28-14-34-19-33-13-24/h11-12,24H,2-10,13-19H2,1H3,(H,23,25)/b21-12+,22-11+. The van der Waals surface area contributed by atoms with Crippen LogP contribution in [-0.4, -0.2) is 118 Å². The lowest BCUT2D eigenvalue weighted by Gasteiger charge is -2.06. The number of nitrogens with zero attached hydrogens (tertiary/aromatic N) is 2. The minimum absolute atomic E-state index is 0.0617. The molecule has 0 radical (unpaired) electrons. The van der Waals surface area contributed by atoms with Crippen molar-refractivity contribution < 1.29 is 24.2 Å². The minimum atomic E-state index is -0.931. The van der Waals surface area contributed by atoms with Crippen LogP contribution in [0.3, 0.4) is 0 Å². The van der Waals surface area contributed by atoms with E-state index in [1.165, 1.54) is 41.7 Å². The molecular weight excluding hydrogens is 683 g/mol. The van der Waals surface area contributed by atoms with Crippen molar-refractivity contribution in [2.75, 3.05) is 91.5 Å². The van der Waals surface area contributed by atoms with Crippen LogP contribution in [-0.2, 0) is 21.0 Å². The SMILES string of the molecule is CC/N=C/[S+]([O-])CCSCSCSCCSC(=O)NCCSCSCSCC/N=C/OOCSCSCO. The third-order valence-corrected chi connectivity index (χ3v) is 14.8. The fourth-order valence-electron chi connectivity index (χ4n) is 1.78. The van der Waals surface area contributed by atoms with Crippen molar-refractivity contribution >= 4 is 134 Å². The molecule has 0 aliphatic heterocycles. The van der Waals surface area contributed by atoms with E-state index in [2.05, 4.69) is 15.3 Å². The summed E-state index contributed by atoms with van der Waals surface area (Å²) in [7, 11) is 0. The average molecular weight is 722 g/mol. The van der Waals surface area contributed by atoms with Crippen LogP contribution >= 0.6 is 106 Å². The van der Waals surface area contributed by atoms with Gasteiger partial charge in [0, 0.05) is 67.3 Å². The summed E-state index contributed by atoms with van der Waals surface area (Å²) in [5.41, 5.74) is 1.55. The van der Waals surface area contributed by atoms with Crippen molar-refractivity contribution in [3.8, 4) is 0 Å². The van der Waals surface area contributed by atoms with Gasteiger partial charge in [0.25, 0.3) is 5.24 Å². The highest BCUT2D eigenvalue weighted by molar-refractivity contribution is 8.23. The van der Waals surface area contributed by atoms with E-state index in [9.17, 15) is 9.35 Å². The third kappa shape index (κ3) is 34.2. The number of carbonyl (C=O) groups excluding carboxylic acids is 1. The summed E-state index contributed by atoms with van der Waals surface area (Å²) in [6.45, 7) is 4.01. The lowest BCUT2D eigenvalue weighted by Crippen LogP contribution is -2.22. The smallest absolute Gasteiger partial charge is 0.279 e. The fourth-order valence-corrected chi connectivity index (χ4v) is 11.7. The van der Waals surface area contributed by atoms with Crippen molar-refractivity contribution in [2.45, 2.75) is 6.92 Å². The molecule has 224 valence electrons. The molecule has 2 N–H and O–H groups in total. The van der Waals surface area contributed by atoms with Gasteiger partial charge >= 0.3 is 0 Å². The zero-order chi connectivity index (χ0) is 27.8. The Morgan fingerprint density at radius 1 is 0.895 bits per heavy atom. The van der Waals surface area contributed by atoms with E-state index < -0.39 is 11.2 Å². The molecule has 1 atom stereocenters. The number of hydrogen-bond acceptors (Lipinski definition) is 16. The molecule has 0 rings (SSSR count). The molecule has 0 spiro atoms. The Balaban J connectivity index is 3.24. The number of aliphatic hydroxyl groups is 1. The summed E-state index contributed by atoms with van der Waals surface area (Å²) in [4.78, 5) is 29.8. The van der Waals surface area contributed by atoms with Gasteiger partial charge in [-0.1, -0.05) is 11.8 Å². The van der Waals surface area contributed by atoms with Crippen molar-refractivity contribution in [3.63, 3.8) is 0 Å². The van der Waals surface area contributed by atoms with Gasteiger partial charge in [-0.3, -0.25) is 9.79 Å². The van der Waals surface area contributed by atoms with Gasteiger partial charge in [0.1, 0.15) is 11.7 Å². The van der Waals surface area contributed by atoms with Crippen molar-refractivity contribution in [2.24, 2.45) is 9.98 Å². The number of aliphatic hydroxyl groups excluding tert-OH is 1. The Hall–Kier alpha value is 1.99. The summed E-state index contributed by atoms with van der Waals surface area (Å²) < 4.78 is 11.6. The van der Waals surface area contributed by atoms with Crippen LogP contribution in [0.15, 0.2) is 9.98 Å². The van der Waals surface area contributed by atoms with E-state index in [1.807, 2.05) is 77.5 Å². The van der Waals surface area contributed by atoms with Gasteiger partial charge in [-0.25, -0.2) is 4.99 Å². The van der Waals surface area contributed by atoms with Crippen LogP contribution in [0.1, 0.15) is 6.92 Å². The van der Waals surface area contributed by atoms with Crippen LogP contribution in [0.4, 0.5) is 4.79 Å². The molecule has 0 saturated carbocycles. The second kappa shape index (κ2) is 35.2. The van der Waals surface area contributed by atoms with Crippen molar-refractivity contribution in [1.82, 2.24) is 5.32 Å². The van der Waals surface area contributed by atoms with E-state index >= 15 is 0 Å². The number of nitrogens with one attached hydrogen (secondary N) is 1. The Morgan fingerprint density at radius 2 is 1.58 bits per heavy atom. The summed E-state index contributed by atoms with van der Waals surface area (Å²) in [5, 5.41) is 16.5. The van der Waals surface area contributed by atoms with Crippen LogP contribution in [0.5, 0.6) is 0 Å². The van der Waals surface area contributed by atoms with E-state index in [4.69, 9.17) is 14.9 Å². The predicted molar refractivity (Wildman–Crippen MR) is 190 cm³/mol. The lowest BCUT2D eigenvalue weighted by atomic mass is 10.8. The summed E-state index contributed by atoms with van der Waals surface area (Å²) in [6.07, 6.45) is 1.33. The monoisotopic (exact) mass is 721 g/mol. The molecule has 0 saturated heterocycles. The number of carbonyl (C=O) groups is 1. The molecule has 1 unspecified atom stereocenters. The molecule has 0 fully saturated rings. The second-order valence-electron chi connectivity index (χ2n) is 6.26. The lowest BCUT2D eigenvalue weighted by molar-refractivity contribution is -0.196. The summed E-state index contributed by atoms with van der Waals surface area (Å²) in [5.74, 6) is 5.73. The molecule has 0 bridgehead atoms. The topological polar surface area (TPSA) is 116 Å². The average Bonchev–Trinajstić information content (AvgIpc) is 2.92. The van der Waals surface area contributed by atoms with Gasteiger partial charge in [0.05, 0.1) is 12.5 Å². The quantitative estimate of drug-likeness (QED) is 0.0185. The first-order valence-corrected chi connectivity index (χ1v) is 23.1. The molecule has 38 heavy (non-hydrogen) atoms. The zero-order valence-electron chi connectivity index (χ0n) is 21.5.